The summed E-state index contributed by atoms with van der Waals surface area (Å²) in [5.41, 5.74) is 0. The summed E-state index contributed by atoms with van der Waals surface area (Å²) in [5.74, 6) is 3.42. The molecule has 0 radical (unpaired) electrons. The molecule has 1 aromatic heterocycles. The fraction of sp³-hybridized carbons (Fsp3) is 0.167. The lowest BCUT2D eigenvalue weighted by atomic mass is 10.6. The molecular formula is C6H5NO. The van der Waals surface area contributed by atoms with E-state index >= 15 is 0 Å². The molecule has 0 saturated carbocycles. The van der Waals surface area contributed by atoms with Crippen LogP contribution in [0.25, 0.3) is 0 Å². The van der Waals surface area contributed by atoms with Crippen molar-refractivity contribution >= 4 is 0 Å². The van der Waals surface area contributed by atoms with Crippen molar-refractivity contribution in [1.82, 2.24) is 4.98 Å². The minimum Gasteiger partial charge on any atom is -0.433 e. The number of nitrogens with zero attached hydrogens (tertiary/aromatic N) is 1. The second-order valence-electron chi connectivity index (χ2n) is 1.39. The summed E-state index contributed by atoms with van der Waals surface area (Å²) in [6.45, 7) is 1.75. The highest BCUT2D eigenvalue weighted by Crippen LogP contribution is 1.97. The Labute approximate surface area is 47.5 Å². The van der Waals surface area contributed by atoms with E-state index in [4.69, 9.17) is 10.8 Å². The van der Waals surface area contributed by atoms with Gasteiger partial charge in [-0.25, -0.2) is 4.98 Å². The highest BCUT2D eigenvalue weighted by Gasteiger charge is 1.90. The van der Waals surface area contributed by atoms with Crippen molar-refractivity contribution in [1.29, 1.82) is 0 Å². The fourth-order valence-corrected chi connectivity index (χ4v) is 0.428. The molecule has 2 heteroatoms. The van der Waals surface area contributed by atoms with Gasteiger partial charge in [-0.05, 0) is 5.92 Å². The first-order valence-electron chi connectivity index (χ1n) is 2.22. The van der Waals surface area contributed by atoms with Crippen LogP contribution in [0.2, 0.25) is 0 Å². The lowest BCUT2D eigenvalue weighted by molar-refractivity contribution is 0.511. The Morgan fingerprint density at radius 3 is 2.88 bits per heavy atom. The summed E-state index contributed by atoms with van der Waals surface area (Å²) in [4.78, 5) is 3.78. The Bertz CT molecular complexity index is 219. The number of terminal acetylenes is 1. The normalized spacial score (nSPS) is 8.50. The first-order valence-corrected chi connectivity index (χ1v) is 2.22. The van der Waals surface area contributed by atoms with Crippen LogP contribution in [0.3, 0.4) is 0 Å². The van der Waals surface area contributed by atoms with E-state index in [1.807, 2.05) is 0 Å². The van der Waals surface area contributed by atoms with Crippen LogP contribution in [0, 0.1) is 19.3 Å². The second kappa shape index (κ2) is 1.71. The predicted molar refractivity (Wildman–Crippen MR) is 29.2 cm³/mol. The van der Waals surface area contributed by atoms with E-state index in [0.717, 1.165) is 0 Å². The van der Waals surface area contributed by atoms with Gasteiger partial charge in [0.05, 0.1) is 6.20 Å². The monoisotopic (exact) mass is 107 g/mol. The van der Waals surface area contributed by atoms with E-state index in [1.54, 1.807) is 6.92 Å². The average molecular weight is 107 g/mol. The molecule has 0 aliphatic rings. The molecule has 0 aromatic carbocycles. The zero-order valence-electron chi connectivity index (χ0n) is 4.51. The smallest absolute Gasteiger partial charge is 0.197 e. The van der Waals surface area contributed by atoms with Gasteiger partial charge in [0.1, 0.15) is 0 Å². The zero-order chi connectivity index (χ0) is 5.98. The van der Waals surface area contributed by atoms with Crippen LogP contribution in [0.1, 0.15) is 11.7 Å². The molecule has 40 valence electrons. The van der Waals surface area contributed by atoms with E-state index in [9.17, 15) is 0 Å². The van der Waals surface area contributed by atoms with Crippen molar-refractivity contribution in [3.05, 3.63) is 17.8 Å². The van der Waals surface area contributed by atoms with E-state index in [1.165, 1.54) is 6.20 Å². The Morgan fingerprint density at radius 2 is 2.62 bits per heavy atom. The fourth-order valence-electron chi connectivity index (χ4n) is 0.428. The van der Waals surface area contributed by atoms with Crippen LogP contribution in [0.15, 0.2) is 10.6 Å². The first-order chi connectivity index (χ1) is 3.83. The van der Waals surface area contributed by atoms with Crippen LogP contribution < -0.4 is 0 Å². The lowest BCUT2D eigenvalue weighted by Crippen LogP contribution is -1.60. The topological polar surface area (TPSA) is 26.0 Å². The molecule has 0 N–H and O–H groups in total. The lowest BCUT2D eigenvalue weighted by Gasteiger charge is -1.73. The third-order valence-corrected chi connectivity index (χ3v) is 0.764. The van der Waals surface area contributed by atoms with Gasteiger partial charge in [-0.15, -0.1) is 6.42 Å². The Hall–Kier alpha value is -1.23. The summed E-state index contributed by atoms with van der Waals surface area (Å²) in [6, 6.07) is 0. The molecule has 0 saturated heterocycles. The molecule has 0 unspecified atom stereocenters. The highest BCUT2D eigenvalue weighted by molar-refractivity contribution is 5.17. The van der Waals surface area contributed by atoms with Gasteiger partial charge in [-0.2, -0.15) is 0 Å². The van der Waals surface area contributed by atoms with Crippen LogP contribution >= 0.6 is 0 Å². The van der Waals surface area contributed by atoms with E-state index in [2.05, 4.69) is 10.9 Å². The summed E-state index contributed by atoms with van der Waals surface area (Å²) in [6.07, 6.45) is 6.50. The van der Waals surface area contributed by atoms with Crippen LogP contribution in [0.5, 0.6) is 0 Å². The van der Waals surface area contributed by atoms with E-state index in [-0.39, 0.29) is 0 Å². The number of oxazole rings is 1. The molecule has 0 amide bonds. The van der Waals surface area contributed by atoms with Gasteiger partial charge < -0.3 is 4.42 Å². The zero-order valence-corrected chi connectivity index (χ0v) is 4.51. The molecule has 0 bridgehead atoms. The Morgan fingerprint density at radius 1 is 1.88 bits per heavy atom. The van der Waals surface area contributed by atoms with E-state index in [0.29, 0.717) is 11.7 Å². The van der Waals surface area contributed by atoms with Gasteiger partial charge in [-0.1, -0.05) is 0 Å². The van der Waals surface area contributed by atoms with Gasteiger partial charge in [0.15, 0.2) is 11.7 Å². The van der Waals surface area contributed by atoms with Crippen molar-refractivity contribution < 1.29 is 4.42 Å². The largest absolute Gasteiger partial charge is 0.433 e. The quantitative estimate of drug-likeness (QED) is 0.461. The minimum absolute atomic E-state index is 0.488. The first kappa shape index (κ1) is 4.92. The van der Waals surface area contributed by atoms with Crippen LogP contribution in [0.4, 0.5) is 0 Å². The van der Waals surface area contributed by atoms with Crippen molar-refractivity contribution in [3.63, 3.8) is 0 Å². The molecular weight excluding hydrogens is 102 g/mol. The molecule has 0 atom stereocenters. The number of rotatable bonds is 0. The summed E-state index contributed by atoms with van der Waals surface area (Å²) in [7, 11) is 0. The second-order valence-corrected chi connectivity index (χ2v) is 1.39. The molecule has 1 heterocycles. The summed E-state index contributed by atoms with van der Waals surface area (Å²) < 4.78 is 4.89. The van der Waals surface area contributed by atoms with Crippen molar-refractivity contribution in [2.24, 2.45) is 0 Å². The van der Waals surface area contributed by atoms with Crippen molar-refractivity contribution in [2.75, 3.05) is 0 Å². The van der Waals surface area contributed by atoms with Gasteiger partial charge in [0.25, 0.3) is 0 Å². The van der Waals surface area contributed by atoms with E-state index < -0.39 is 0 Å². The third kappa shape index (κ3) is 0.710. The number of aromatic nitrogens is 1. The van der Waals surface area contributed by atoms with Gasteiger partial charge in [-0.3, -0.25) is 0 Å². The average Bonchev–Trinajstić information content (AvgIpc) is 2.14. The third-order valence-electron chi connectivity index (χ3n) is 0.764. The molecule has 0 spiro atoms. The highest BCUT2D eigenvalue weighted by atomic mass is 16.3. The van der Waals surface area contributed by atoms with Crippen LogP contribution in [-0.2, 0) is 0 Å². The predicted octanol–water partition coefficient (Wildman–Crippen LogP) is 0.964. The SMILES string of the molecule is C#Cc1cnc(C)o1. The van der Waals surface area contributed by atoms with Gasteiger partial charge in [0.2, 0.25) is 0 Å². The maximum absolute atomic E-state index is 4.98. The van der Waals surface area contributed by atoms with Crippen LogP contribution in [-0.4, -0.2) is 4.98 Å². The molecule has 1 rings (SSSR count). The summed E-state index contributed by atoms with van der Waals surface area (Å²) >= 11 is 0. The van der Waals surface area contributed by atoms with Gasteiger partial charge in [0, 0.05) is 6.92 Å². The van der Waals surface area contributed by atoms with Crippen molar-refractivity contribution in [3.8, 4) is 12.3 Å². The Kier molecular flexibility index (Phi) is 1.05. The molecule has 1 aromatic rings. The number of hydrogen-bond donors (Lipinski definition) is 0. The maximum Gasteiger partial charge on any atom is 0.197 e. The number of aryl methyl sites for hydroxylation is 1. The standard InChI is InChI=1S/C6H5NO/c1-3-6-4-7-5(2)8-6/h1,4H,2H3. The van der Waals surface area contributed by atoms with Crippen molar-refractivity contribution in [2.45, 2.75) is 6.92 Å². The minimum atomic E-state index is 0.488. The molecule has 0 aliphatic heterocycles. The summed E-state index contributed by atoms with van der Waals surface area (Å²) in [5, 5.41) is 0. The molecule has 0 aliphatic carbocycles. The maximum atomic E-state index is 4.98. The molecule has 8 heavy (non-hydrogen) atoms. The Balaban J connectivity index is 3.05. The number of hydrogen-bond acceptors (Lipinski definition) is 2. The molecule has 0 fully saturated rings. The molecule has 2 nitrogen and oxygen atoms in total. The van der Waals surface area contributed by atoms with Gasteiger partial charge >= 0.3 is 0 Å².